The Labute approximate surface area is 247 Å². The van der Waals surface area contributed by atoms with Gasteiger partial charge in [-0.05, 0) is 47.9 Å². The highest BCUT2D eigenvalue weighted by molar-refractivity contribution is 5.86. The van der Waals surface area contributed by atoms with Gasteiger partial charge >= 0.3 is 5.97 Å². The van der Waals surface area contributed by atoms with Crippen LogP contribution in [0.3, 0.4) is 0 Å². The second kappa shape index (κ2) is 14.1. The van der Waals surface area contributed by atoms with Crippen LogP contribution in [0.25, 0.3) is 0 Å². The summed E-state index contributed by atoms with van der Waals surface area (Å²) in [7, 11) is 0. The second-order valence-electron chi connectivity index (χ2n) is 11.2. The van der Waals surface area contributed by atoms with Crippen LogP contribution in [0.2, 0.25) is 0 Å². The highest BCUT2D eigenvalue weighted by Crippen LogP contribution is 2.26. The van der Waals surface area contributed by atoms with Crippen molar-refractivity contribution in [1.29, 1.82) is 0 Å². The molecular formula is C35H38N2O5. The molecule has 0 unspecified atom stereocenters. The molecule has 3 aromatic carbocycles. The van der Waals surface area contributed by atoms with Crippen LogP contribution in [0, 0.1) is 11.8 Å². The molecule has 2 aliphatic heterocycles. The summed E-state index contributed by atoms with van der Waals surface area (Å²) in [6.45, 7) is 0.273. The van der Waals surface area contributed by atoms with Crippen LogP contribution in [-0.4, -0.2) is 47.0 Å². The van der Waals surface area contributed by atoms with Gasteiger partial charge in [0.2, 0.25) is 11.8 Å². The molecular weight excluding hydrogens is 528 g/mol. The van der Waals surface area contributed by atoms with Crippen LogP contribution in [-0.2, 0) is 38.5 Å². The van der Waals surface area contributed by atoms with Gasteiger partial charge in [0.1, 0.15) is 6.61 Å². The number of allylic oxidation sites excluding steroid dienone is 2. The molecule has 218 valence electrons. The molecule has 2 heterocycles. The Morgan fingerprint density at radius 2 is 1.50 bits per heavy atom. The van der Waals surface area contributed by atoms with Crippen molar-refractivity contribution < 1.29 is 24.2 Å². The van der Waals surface area contributed by atoms with Gasteiger partial charge in [0, 0.05) is 13.0 Å². The molecule has 2 amide bonds. The number of nitrogens with one attached hydrogen (secondary N) is 1. The van der Waals surface area contributed by atoms with Gasteiger partial charge in [-0.15, -0.1) is 0 Å². The maximum Gasteiger partial charge on any atom is 0.309 e. The molecule has 2 aliphatic rings. The van der Waals surface area contributed by atoms with E-state index in [4.69, 9.17) is 4.74 Å². The Bertz CT molecular complexity index is 1390. The molecule has 0 spiro atoms. The normalized spacial score (nSPS) is 23.1. The van der Waals surface area contributed by atoms with Gasteiger partial charge in [-0.2, -0.15) is 0 Å². The van der Waals surface area contributed by atoms with E-state index >= 15 is 0 Å². The summed E-state index contributed by atoms with van der Waals surface area (Å²) < 4.78 is 5.80. The number of fused-ring (bicyclic) bond motifs is 1. The van der Waals surface area contributed by atoms with Gasteiger partial charge < -0.3 is 20.1 Å². The molecule has 0 radical (unpaired) electrons. The van der Waals surface area contributed by atoms with Crippen LogP contribution in [0.5, 0.6) is 0 Å². The Morgan fingerprint density at radius 1 is 0.857 bits per heavy atom. The molecule has 2 N–H and O–H groups in total. The van der Waals surface area contributed by atoms with Crippen molar-refractivity contribution in [3.8, 4) is 0 Å². The van der Waals surface area contributed by atoms with Gasteiger partial charge in [-0.25, -0.2) is 0 Å². The minimum absolute atomic E-state index is 0.000245. The minimum Gasteiger partial charge on any atom is -0.463 e. The molecule has 0 aromatic heterocycles. The van der Waals surface area contributed by atoms with E-state index in [1.54, 1.807) is 4.90 Å². The summed E-state index contributed by atoms with van der Waals surface area (Å²) in [6.07, 6.45) is 5.80. The van der Waals surface area contributed by atoms with E-state index in [1.165, 1.54) is 0 Å². The zero-order valence-corrected chi connectivity index (χ0v) is 23.7. The highest BCUT2D eigenvalue weighted by atomic mass is 16.5. The molecule has 3 aromatic rings. The fourth-order valence-electron chi connectivity index (χ4n) is 5.82. The Kier molecular flexibility index (Phi) is 9.82. The molecule has 7 nitrogen and oxygen atoms in total. The molecule has 4 atom stereocenters. The van der Waals surface area contributed by atoms with Crippen LogP contribution < -0.4 is 5.32 Å². The predicted octanol–water partition coefficient (Wildman–Crippen LogP) is 4.55. The van der Waals surface area contributed by atoms with Crippen molar-refractivity contribution in [3.05, 3.63) is 119 Å². The number of hydrogen-bond acceptors (Lipinski definition) is 5. The fraction of sp³-hybridized carbons (Fsp3) is 0.343. The third-order valence-corrected chi connectivity index (χ3v) is 8.26. The number of aliphatic hydroxyl groups is 1. The predicted molar refractivity (Wildman–Crippen MR) is 160 cm³/mol. The topological polar surface area (TPSA) is 95.9 Å². The lowest BCUT2D eigenvalue weighted by molar-refractivity contribution is -0.150. The number of aliphatic hydroxyl groups excluding tert-OH is 1. The SMILES string of the molecule is O=C1N[C@@H](c2ccccc2)COC(=O)[C@@H](Cc2ccccc2)CC=CC[C@@H]1CC(=O)N1Cc2ccccc2C[C@H]1CO. The molecule has 0 bridgehead atoms. The van der Waals surface area contributed by atoms with E-state index in [0.29, 0.717) is 32.2 Å². The van der Waals surface area contributed by atoms with Crippen molar-refractivity contribution in [1.82, 2.24) is 10.2 Å². The van der Waals surface area contributed by atoms with Gasteiger partial charge in [0.15, 0.2) is 0 Å². The number of carbonyl (C=O) groups excluding carboxylic acids is 3. The number of esters is 1. The summed E-state index contributed by atoms with van der Waals surface area (Å²) in [6, 6.07) is 26.4. The van der Waals surface area contributed by atoms with Crippen molar-refractivity contribution in [2.45, 2.75) is 50.7 Å². The van der Waals surface area contributed by atoms with E-state index in [0.717, 1.165) is 22.3 Å². The third-order valence-electron chi connectivity index (χ3n) is 8.26. The average molecular weight is 567 g/mol. The molecule has 5 rings (SSSR count). The number of benzene rings is 3. The van der Waals surface area contributed by atoms with Crippen LogP contribution in [0.4, 0.5) is 0 Å². The zero-order chi connectivity index (χ0) is 29.3. The molecule has 0 aliphatic carbocycles. The number of rotatable bonds is 6. The zero-order valence-electron chi connectivity index (χ0n) is 23.7. The Morgan fingerprint density at radius 3 is 2.21 bits per heavy atom. The Balaban J connectivity index is 1.36. The summed E-state index contributed by atoms with van der Waals surface area (Å²) in [5.74, 6) is -1.70. The fourth-order valence-corrected chi connectivity index (χ4v) is 5.82. The van der Waals surface area contributed by atoms with Crippen molar-refractivity contribution in [3.63, 3.8) is 0 Å². The summed E-state index contributed by atoms with van der Waals surface area (Å²) in [4.78, 5) is 42.2. The first-order valence-corrected chi connectivity index (χ1v) is 14.7. The number of hydrogen-bond donors (Lipinski definition) is 2. The maximum absolute atomic E-state index is 13.7. The lowest BCUT2D eigenvalue weighted by Crippen LogP contribution is -2.47. The van der Waals surface area contributed by atoms with E-state index in [9.17, 15) is 19.5 Å². The lowest BCUT2D eigenvalue weighted by atomic mass is 9.91. The van der Waals surface area contributed by atoms with Crippen molar-refractivity contribution in [2.24, 2.45) is 11.8 Å². The van der Waals surface area contributed by atoms with E-state index < -0.39 is 12.0 Å². The van der Waals surface area contributed by atoms with Gasteiger partial charge in [-0.1, -0.05) is 97.1 Å². The van der Waals surface area contributed by atoms with Gasteiger partial charge in [0.05, 0.1) is 30.5 Å². The van der Waals surface area contributed by atoms with E-state index in [1.807, 2.05) is 97.1 Å². The van der Waals surface area contributed by atoms with Crippen molar-refractivity contribution in [2.75, 3.05) is 13.2 Å². The van der Waals surface area contributed by atoms with Gasteiger partial charge in [0.25, 0.3) is 0 Å². The average Bonchev–Trinajstić information content (AvgIpc) is 3.03. The molecule has 0 fully saturated rings. The number of amides is 2. The minimum atomic E-state index is -0.612. The first kappa shape index (κ1) is 29.3. The maximum atomic E-state index is 13.7. The smallest absolute Gasteiger partial charge is 0.309 e. The quantitative estimate of drug-likeness (QED) is 0.337. The molecule has 7 heteroatoms. The summed E-state index contributed by atoms with van der Waals surface area (Å²) in [5.41, 5.74) is 4.08. The van der Waals surface area contributed by atoms with Crippen molar-refractivity contribution >= 4 is 17.8 Å². The Hall–Kier alpha value is -4.23. The second-order valence-corrected chi connectivity index (χ2v) is 11.2. The monoisotopic (exact) mass is 566 g/mol. The number of ether oxygens (including phenoxy) is 1. The number of carbonyl (C=O) groups is 3. The van der Waals surface area contributed by atoms with Crippen LogP contribution in [0.1, 0.15) is 47.6 Å². The van der Waals surface area contributed by atoms with Crippen LogP contribution in [0.15, 0.2) is 97.1 Å². The highest BCUT2D eigenvalue weighted by Gasteiger charge is 2.33. The first-order valence-electron chi connectivity index (χ1n) is 14.7. The largest absolute Gasteiger partial charge is 0.463 e. The van der Waals surface area contributed by atoms with E-state index in [-0.39, 0.29) is 49.4 Å². The van der Waals surface area contributed by atoms with Gasteiger partial charge in [-0.3, -0.25) is 14.4 Å². The third kappa shape index (κ3) is 7.34. The molecule has 42 heavy (non-hydrogen) atoms. The lowest BCUT2D eigenvalue weighted by Gasteiger charge is -2.36. The molecule has 0 saturated heterocycles. The molecule has 0 saturated carbocycles. The van der Waals surface area contributed by atoms with Crippen LogP contribution >= 0.6 is 0 Å². The summed E-state index contributed by atoms with van der Waals surface area (Å²) in [5, 5.41) is 13.2. The standard InChI is InChI=1S/C35H38N2O5/c38-23-31-20-27-15-7-10-18-30(27)22-37(31)33(39)21-28-16-8-9-17-29(19-25-11-3-1-4-12-25)35(41)42-24-32(36-34(28)40)26-13-5-2-6-14-26/h1-15,18,28-29,31-32,38H,16-17,19-24H2,(H,36,40)/t28-,29-,31+,32-/m1/s1. The number of nitrogens with zero attached hydrogens (tertiary/aromatic N) is 1. The van der Waals surface area contributed by atoms with E-state index in [2.05, 4.69) is 5.32 Å². The number of cyclic esters (lactones) is 1. The summed E-state index contributed by atoms with van der Waals surface area (Å²) >= 11 is 0. The first-order chi connectivity index (χ1) is 20.5.